The second-order valence-electron chi connectivity index (χ2n) is 2.92. The maximum absolute atomic E-state index is 9.50. The van der Waals surface area contributed by atoms with Gasteiger partial charge in [-0.2, -0.15) is 0 Å². The van der Waals surface area contributed by atoms with Gasteiger partial charge in [0, 0.05) is 10.0 Å². The smallest absolute Gasteiger partial charge is 0.117 e. The van der Waals surface area contributed by atoms with Crippen molar-refractivity contribution in [2.45, 2.75) is 9.54 Å². The highest BCUT2D eigenvalue weighted by molar-refractivity contribution is 9.08. The van der Waals surface area contributed by atoms with Crippen molar-refractivity contribution < 1.29 is 5.11 Å². The minimum absolute atomic E-state index is 0.349. The van der Waals surface area contributed by atoms with Crippen LogP contribution in [-0.2, 0) is 5.33 Å². The number of benzene rings is 1. The van der Waals surface area contributed by atoms with E-state index >= 15 is 0 Å². The van der Waals surface area contributed by atoms with E-state index in [2.05, 4.69) is 28.3 Å². The molecule has 0 bridgehead atoms. The Balaban J connectivity index is 2.71. The number of phenols is 1. The fraction of sp³-hybridized carbons (Fsp3) is 0.200. The lowest BCUT2D eigenvalue weighted by atomic mass is 10.1. The van der Waals surface area contributed by atoms with Crippen molar-refractivity contribution in [3.63, 3.8) is 0 Å². The summed E-state index contributed by atoms with van der Waals surface area (Å²) in [5.74, 6) is 0.349. The first-order chi connectivity index (χ1) is 6.74. The fourth-order valence-electron chi connectivity index (χ4n) is 1.38. The predicted molar refractivity (Wildman–Crippen MR) is 67.9 cm³/mol. The standard InChI is InChI=1S/C10H9BrOS2/c1-13-10-4-8-6(5-11)2-7(12)3-9(8)14-10/h2-4,12H,5H2,1H3. The highest BCUT2D eigenvalue weighted by Gasteiger charge is 2.06. The minimum atomic E-state index is 0.349. The van der Waals surface area contributed by atoms with Gasteiger partial charge in [-0.05, 0) is 35.4 Å². The van der Waals surface area contributed by atoms with E-state index < -0.39 is 0 Å². The van der Waals surface area contributed by atoms with Gasteiger partial charge in [0.1, 0.15) is 5.75 Å². The SMILES string of the molecule is CSc1cc2c(CBr)cc(O)cc2s1. The first kappa shape index (κ1) is 10.3. The molecule has 0 saturated carbocycles. The molecule has 1 nitrogen and oxygen atoms in total. The molecule has 0 spiro atoms. The largest absolute Gasteiger partial charge is 0.508 e. The number of rotatable bonds is 2. The van der Waals surface area contributed by atoms with Gasteiger partial charge in [0.2, 0.25) is 0 Å². The van der Waals surface area contributed by atoms with Crippen molar-refractivity contribution in [3.05, 3.63) is 23.8 Å². The summed E-state index contributed by atoms with van der Waals surface area (Å²) < 4.78 is 2.44. The Labute approximate surface area is 99.3 Å². The third-order valence-corrected chi connectivity index (χ3v) is 4.78. The van der Waals surface area contributed by atoms with E-state index in [0.717, 1.165) is 15.6 Å². The zero-order valence-corrected chi connectivity index (χ0v) is 10.8. The van der Waals surface area contributed by atoms with Crippen LogP contribution in [0.2, 0.25) is 0 Å². The Morgan fingerprint density at radius 2 is 2.21 bits per heavy atom. The van der Waals surface area contributed by atoms with Crippen molar-refractivity contribution in [1.29, 1.82) is 0 Å². The summed E-state index contributed by atoms with van der Waals surface area (Å²) in [4.78, 5) is 0. The Kier molecular flexibility index (Phi) is 3.04. The summed E-state index contributed by atoms with van der Waals surface area (Å²) >= 11 is 6.89. The van der Waals surface area contributed by atoms with E-state index in [9.17, 15) is 5.11 Å². The zero-order valence-electron chi connectivity index (χ0n) is 7.58. The number of hydrogen-bond acceptors (Lipinski definition) is 3. The number of thioether (sulfide) groups is 1. The Hall–Kier alpha value is -0.190. The van der Waals surface area contributed by atoms with Crippen molar-refractivity contribution in [3.8, 4) is 5.75 Å². The van der Waals surface area contributed by atoms with E-state index in [1.807, 2.05) is 12.1 Å². The molecule has 74 valence electrons. The van der Waals surface area contributed by atoms with E-state index in [1.54, 1.807) is 23.1 Å². The van der Waals surface area contributed by atoms with Crippen LogP contribution in [0.15, 0.2) is 22.4 Å². The third kappa shape index (κ3) is 1.78. The third-order valence-electron chi connectivity index (χ3n) is 2.03. The molecule has 0 aliphatic carbocycles. The molecule has 1 aromatic heterocycles. The monoisotopic (exact) mass is 288 g/mol. The number of phenolic OH excluding ortho intramolecular Hbond substituents is 1. The van der Waals surface area contributed by atoms with Crippen molar-refractivity contribution in [2.75, 3.05) is 6.26 Å². The molecule has 0 radical (unpaired) electrons. The number of aromatic hydroxyl groups is 1. The van der Waals surface area contributed by atoms with E-state index in [4.69, 9.17) is 0 Å². The van der Waals surface area contributed by atoms with Gasteiger partial charge < -0.3 is 5.11 Å². The quantitative estimate of drug-likeness (QED) is 0.659. The molecule has 0 aliphatic rings. The van der Waals surface area contributed by atoms with Crippen LogP contribution >= 0.6 is 39.0 Å². The first-order valence-corrected chi connectivity index (χ1v) is 7.26. The van der Waals surface area contributed by atoms with Crippen LogP contribution in [0.4, 0.5) is 0 Å². The molecule has 1 aromatic carbocycles. The average molecular weight is 289 g/mol. The molecule has 2 rings (SSSR count). The molecule has 1 N–H and O–H groups in total. The normalized spacial score (nSPS) is 11.0. The number of fused-ring (bicyclic) bond motifs is 1. The van der Waals surface area contributed by atoms with Gasteiger partial charge in [0.05, 0.1) is 4.21 Å². The molecule has 0 unspecified atom stereocenters. The van der Waals surface area contributed by atoms with Crippen LogP contribution in [-0.4, -0.2) is 11.4 Å². The molecule has 4 heteroatoms. The summed E-state index contributed by atoms with van der Waals surface area (Å²) in [6.45, 7) is 0. The second kappa shape index (κ2) is 4.13. The lowest BCUT2D eigenvalue weighted by molar-refractivity contribution is 0.476. The van der Waals surface area contributed by atoms with Crippen molar-refractivity contribution in [1.82, 2.24) is 0 Å². The molecule has 0 aliphatic heterocycles. The molecule has 2 aromatic rings. The van der Waals surface area contributed by atoms with Crippen molar-refractivity contribution >= 4 is 49.1 Å². The summed E-state index contributed by atoms with van der Waals surface area (Å²) in [5, 5.41) is 11.5. The Morgan fingerprint density at radius 3 is 2.86 bits per heavy atom. The number of alkyl halides is 1. The van der Waals surface area contributed by atoms with E-state index in [1.165, 1.54) is 9.60 Å². The molecule has 1 heterocycles. The lowest BCUT2D eigenvalue weighted by Crippen LogP contribution is -1.77. The minimum Gasteiger partial charge on any atom is -0.508 e. The molecule has 0 fully saturated rings. The Morgan fingerprint density at radius 1 is 1.43 bits per heavy atom. The molecule has 0 saturated heterocycles. The van der Waals surface area contributed by atoms with Crippen LogP contribution in [0.5, 0.6) is 5.75 Å². The van der Waals surface area contributed by atoms with Gasteiger partial charge in [-0.15, -0.1) is 23.1 Å². The number of hydrogen-bond donors (Lipinski definition) is 1. The number of halogens is 1. The summed E-state index contributed by atoms with van der Waals surface area (Å²) in [7, 11) is 0. The first-order valence-electron chi connectivity index (χ1n) is 4.10. The highest BCUT2D eigenvalue weighted by atomic mass is 79.9. The summed E-state index contributed by atoms with van der Waals surface area (Å²) in [6, 6.07) is 5.82. The molecule has 0 atom stereocenters. The van der Waals surface area contributed by atoms with Crippen LogP contribution in [0.1, 0.15) is 5.56 Å². The van der Waals surface area contributed by atoms with Crippen molar-refractivity contribution in [2.24, 2.45) is 0 Å². The van der Waals surface area contributed by atoms with Gasteiger partial charge in [-0.1, -0.05) is 15.9 Å². The highest BCUT2D eigenvalue weighted by Crippen LogP contribution is 2.36. The Bertz CT molecular complexity index is 464. The van der Waals surface area contributed by atoms with Gasteiger partial charge in [0.25, 0.3) is 0 Å². The van der Waals surface area contributed by atoms with Gasteiger partial charge in [0.15, 0.2) is 0 Å². The maximum atomic E-state index is 9.50. The maximum Gasteiger partial charge on any atom is 0.117 e. The lowest BCUT2D eigenvalue weighted by Gasteiger charge is -1.99. The van der Waals surface area contributed by atoms with Crippen LogP contribution in [0.25, 0.3) is 10.1 Å². The molecular weight excluding hydrogens is 280 g/mol. The van der Waals surface area contributed by atoms with Crippen LogP contribution in [0.3, 0.4) is 0 Å². The second-order valence-corrected chi connectivity index (χ2v) is 5.67. The van der Waals surface area contributed by atoms with E-state index in [0.29, 0.717) is 5.75 Å². The van der Waals surface area contributed by atoms with Gasteiger partial charge >= 0.3 is 0 Å². The van der Waals surface area contributed by atoms with Crippen LogP contribution < -0.4 is 0 Å². The predicted octanol–water partition coefficient (Wildman–Crippen LogP) is 4.22. The summed E-state index contributed by atoms with van der Waals surface area (Å²) in [5.41, 5.74) is 1.15. The molecular formula is C10H9BrOS2. The average Bonchev–Trinajstić information content (AvgIpc) is 2.59. The summed E-state index contributed by atoms with van der Waals surface area (Å²) in [6.07, 6.45) is 2.07. The molecule has 0 amide bonds. The number of thiophene rings is 1. The zero-order chi connectivity index (χ0) is 10.1. The van der Waals surface area contributed by atoms with Gasteiger partial charge in [-0.25, -0.2) is 0 Å². The molecule has 14 heavy (non-hydrogen) atoms. The topological polar surface area (TPSA) is 20.2 Å². The van der Waals surface area contributed by atoms with E-state index in [-0.39, 0.29) is 0 Å². The fourth-order valence-corrected chi connectivity index (χ4v) is 3.56. The van der Waals surface area contributed by atoms with Crippen LogP contribution in [0, 0.1) is 0 Å². The van der Waals surface area contributed by atoms with Gasteiger partial charge in [-0.3, -0.25) is 0 Å².